The molecule has 20 heavy (non-hydrogen) atoms. The molecule has 0 bridgehead atoms. The molecule has 0 saturated heterocycles. The highest BCUT2D eigenvalue weighted by Crippen LogP contribution is 2.29. The molecular formula is C16H18Cl2O2. The van der Waals surface area contributed by atoms with Gasteiger partial charge in [-0.05, 0) is 62.1 Å². The van der Waals surface area contributed by atoms with Crippen molar-refractivity contribution in [3.63, 3.8) is 0 Å². The van der Waals surface area contributed by atoms with Crippen LogP contribution in [-0.2, 0) is 0 Å². The Kier molecular flexibility index (Phi) is 5.73. The van der Waals surface area contributed by atoms with Crippen LogP contribution in [0.3, 0.4) is 0 Å². The van der Waals surface area contributed by atoms with Gasteiger partial charge in [-0.1, -0.05) is 35.3 Å². The lowest BCUT2D eigenvalue weighted by molar-refractivity contribution is 0.470. The van der Waals surface area contributed by atoms with Crippen molar-refractivity contribution in [3.05, 3.63) is 56.6 Å². The molecule has 0 aliphatic heterocycles. The number of hydrogen-bond acceptors (Lipinski definition) is 2. The topological polar surface area (TPSA) is 40.5 Å². The van der Waals surface area contributed by atoms with Crippen LogP contribution in [0.25, 0.3) is 0 Å². The summed E-state index contributed by atoms with van der Waals surface area (Å²) in [4.78, 5) is 0. The van der Waals surface area contributed by atoms with Crippen LogP contribution < -0.4 is 0 Å². The van der Waals surface area contributed by atoms with Gasteiger partial charge in [0.05, 0.1) is 10.0 Å². The summed E-state index contributed by atoms with van der Waals surface area (Å²) >= 11 is 11.3. The Labute approximate surface area is 129 Å². The van der Waals surface area contributed by atoms with Crippen molar-refractivity contribution < 1.29 is 10.2 Å². The molecule has 4 heteroatoms. The number of phenolic OH excluding ortho intramolecular Hbond substituents is 2. The van der Waals surface area contributed by atoms with Gasteiger partial charge in [-0.25, -0.2) is 0 Å². The smallest absolute Gasteiger partial charge is 0.137 e. The molecule has 0 radical (unpaired) electrons. The Morgan fingerprint density at radius 2 is 0.950 bits per heavy atom. The SMILES string of the molecule is Cc1ccc(Cl)c(O)c1C.Cc1ccc(Cl)c(O)c1C. The van der Waals surface area contributed by atoms with Crippen LogP contribution in [0.2, 0.25) is 10.0 Å². The first-order valence-corrected chi connectivity index (χ1v) is 6.90. The highest BCUT2D eigenvalue weighted by molar-refractivity contribution is 6.32. The summed E-state index contributed by atoms with van der Waals surface area (Å²) in [7, 11) is 0. The van der Waals surface area contributed by atoms with Crippen molar-refractivity contribution in [1.82, 2.24) is 0 Å². The predicted octanol–water partition coefficient (Wildman–Crippen LogP) is 5.32. The van der Waals surface area contributed by atoms with Crippen molar-refractivity contribution in [2.75, 3.05) is 0 Å². The number of aromatic hydroxyl groups is 2. The van der Waals surface area contributed by atoms with E-state index in [9.17, 15) is 10.2 Å². The van der Waals surface area contributed by atoms with Crippen LogP contribution in [0.4, 0.5) is 0 Å². The zero-order chi connectivity index (χ0) is 15.4. The Balaban J connectivity index is 0.000000200. The highest BCUT2D eigenvalue weighted by atomic mass is 35.5. The van der Waals surface area contributed by atoms with Gasteiger partial charge in [-0.2, -0.15) is 0 Å². The molecular weight excluding hydrogens is 295 g/mol. The summed E-state index contributed by atoms with van der Waals surface area (Å²) in [5.74, 6) is 0.392. The van der Waals surface area contributed by atoms with E-state index in [0.29, 0.717) is 10.0 Å². The van der Waals surface area contributed by atoms with E-state index in [-0.39, 0.29) is 11.5 Å². The summed E-state index contributed by atoms with van der Waals surface area (Å²) in [6.07, 6.45) is 0. The Morgan fingerprint density at radius 3 is 1.20 bits per heavy atom. The third-order valence-electron chi connectivity index (χ3n) is 3.31. The van der Waals surface area contributed by atoms with Crippen LogP contribution in [0.1, 0.15) is 22.3 Å². The first-order chi connectivity index (χ1) is 9.25. The fourth-order valence-corrected chi connectivity index (χ4v) is 1.95. The molecule has 2 nitrogen and oxygen atoms in total. The zero-order valence-electron chi connectivity index (χ0n) is 12.0. The van der Waals surface area contributed by atoms with E-state index in [1.807, 2.05) is 39.8 Å². The maximum absolute atomic E-state index is 9.26. The average Bonchev–Trinajstić information content (AvgIpc) is 2.43. The lowest BCUT2D eigenvalue weighted by atomic mass is 10.1. The standard InChI is InChI=1S/2C8H9ClO/c2*1-5-3-4-7(9)8(10)6(5)2/h2*3-4,10H,1-2H3. The van der Waals surface area contributed by atoms with Gasteiger partial charge in [0.15, 0.2) is 0 Å². The van der Waals surface area contributed by atoms with Crippen molar-refractivity contribution in [2.24, 2.45) is 0 Å². The third-order valence-corrected chi connectivity index (χ3v) is 3.92. The van der Waals surface area contributed by atoms with Crippen LogP contribution in [0, 0.1) is 27.7 Å². The number of rotatable bonds is 0. The maximum atomic E-state index is 9.26. The fourth-order valence-electron chi connectivity index (χ4n) is 1.54. The van der Waals surface area contributed by atoms with Gasteiger partial charge in [0.2, 0.25) is 0 Å². The van der Waals surface area contributed by atoms with Gasteiger partial charge in [0.25, 0.3) is 0 Å². The van der Waals surface area contributed by atoms with E-state index in [2.05, 4.69) is 0 Å². The largest absolute Gasteiger partial charge is 0.506 e. The van der Waals surface area contributed by atoms with E-state index in [1.165, 1.54) is 0 Å². The van der Waals surface area contributed by atoms with Gasteiger partial charge in [0.1, 0.15) is 11.5 Å². The number of aryl methyl sites for hydroxylation is 2. The molecule has 0 atom stereocenters. The molecule has 0 saturated carbocycles. The highest BCUT2D eigenvalue weighted by Gasteiger charge is 2.03. The first kappa shape index (κ1) is 16.7. The molecule has 0 fully saturated rings. The Morgan fingerprint density at radius 1 is 0.650 bits per heavy atom. The second kappa shape index (κ2) is 6.87. The van der Waals surface area contributed by atoms with E-state index in [0.717, 1.165) is 22.3 Å². The number of phenols is 2. The lowest BCUT2D eigenvalue weighted by Gasteiger charge is -2.02. The Bertz CT molecular complexity index is 513. The van der Waals surface area contributed by atoms with Crippen molar-refractivity contribution >= 4 is 23.2 Å². The molecule has 0 aromatic heterocycles. The number of hydrogen-bond donors (Lipinski definition) is 2. The van der Waals surface area contributed by atoms with E-state index < -0.39 is 0 Å². The molecule has 2 aromatic rings. The monoisotopic (exact) mass is 312 g/mol. The molecule has 0 unspecified atom stereocenters. The molecule has 2 aromatic carbocycles. The zero-order valence-corrected chi connectivity index (χ0v) is 13.5. The molecule has 0 amide bonds. The molecule has 0 heterocycles. The predicted molar refractivity (Wildman–Crippen MR) is 85.2 cm³/mol. The van der Waals surface area contributed by atoms with Crippen LogP contribution >= 0.6 is 23.2 Å². The minimum atomic E-state index is 0.196. The summed E-state index contributed by atoms with van der Waals surface area (Å²) in [5.41, 5.74) is 3.82. The average molecular weight is 313 g/mol. The molecule has 0 aliphatic rings. The van der Waals surface area contributed by atoms with Crippen LogP contribution in [0.5, 0.6) is 11.5 Å². The summed E-state index contributed by atoms with van der Waals surface area (Å²) < 4.78 is 0. The van der Waals surface area contributed by atoms with Gasteiger partial charge in [0, 0.05) is 0 Å². The summed E-state index contributed by atoms with van der Waals surface area (Å²) in [6.45, 7) is 7.56. The van der Waals surface area contributed by atoms with E-state index in [4.69, 9.17) is 23.2 Å². The normalized spacial score (nSPS) is 9.90. The van der Waals surface area contributed by atoms with Gasteiger partial charge in [-0.3, -0.25) is 0 Å². The van der Waals surface area contributed by atoms with Gasteiger partial charge in [-0.15, -0.1) is 0 Å². The van der Waals surface area contributed by atoms with Crippen molar-refractivity contribution in [2.45, 2.75) is 27.7 Å². The molecule has 2 rings (SSSR count). The van der Waals surface area contributed by atoms with Crippen molar-refractivity contribution in [1.29, 1.82) is 0 Å². The van der Waals surface area contributed by atoms with Gasteiger partial charge < -0.3 is 10.2 Å². The molecule has 2 N–H and O–H groups in total. The molecule has 0 spiro atoms. The second-order valence-corrected chi connectivity index (χ2v) is 5.49. The maximum Gasteiger partial charge on any atom is 0.137 e. The summed E-state index contributed by atoms with van der Waals surface area (Å²) in [6, 6.07) is 7.16. The van der Waals surface area contributed by atoms with E-state index in [1.54, 1.807) is 12.1 Å². The summed E-state index contributed by atoms with van der Waals surface area (Å²) in [5, 5.41) is 19.3. The number of halogens is 2. The van der Waals surface area contributed by atoms with Gasteiger partial charge >= 0.3 is 0 Å². The lowest BCUT2D eigenvalue weighted by Crippen LogP contribution is -1.80. The molecule has 0 aliphatic carbocycles. The fraction of sp³-hybridized carbons (Fsp3) is 0.250. The second-order valence-electron chi connectivity index (χ2n) is 4.68. The van der Waals surface area contributed by atoms with Crippen LogP contribution in [-0.4, -0.2) is 10.2 Å². The third kappa shape index (κ3) is 3.81. The minimum Gasteiger partial charge on any atom is -0.506 e. The quantitative estimate of drug-likeness (QED) is 0.690. The van der Waals surface area contributed by atoms with Crippen LogP contribution in [0.15, 0.2) is 24.3 Å². The van der Waals surface area contributed by atoms with E-state index >= 15 is 0 Å². The molecule has 108 valence electrons. The Hall–Kier alpha value is -1.38. The first-order valence-electron chi connectivity index (χ1n) is 6.15. The van der Waals surface area contributed by atoms with Crippen molar-refractivity contribution in [3.8, 4) is 11.5 Å². The number of benzene rings is 2. The minimum absolute atomic E-state index is 0.196.